The van der Waals surface area contributed by atoms with Crippen molar-refractivity contribution in [2.75, 3.05) is 7.11 Å². The normalized spacial score (nSPS) is 12.6. The van der Waals surface area contributed by atoms with Gasteiger partial charge in [0.15, 0.2) is 0 Å². The first kappa shape index (κ1) is 18.1. The number of hydrogen-bond acceptors (Lipinski definition) is 5. The Hall–Kier alpha value is -1.93. The maximum absolute atomic E-state index is 12.0. The first-order valence-electron chi connectivity index (χ1n) is 6.69. The largest absolute Gasteiger partial charge is 0.480 e. The highest BCUT2D eigenvalue weighted by atomic mass is 32.2. The molecule has 2 N–H and O–H groups in total. The number of benzene rings is 1. The zero-order valence-electron chi connectivity index (χ0n) is 12.4. The van der Waals surface area contributed by atoms with Gasteiger partial charge in [-0.15, -0.1) is 0 Å². The molecule has 0 aliphatic rings. The van der Waals surface area contributed by atoms with Crippen LogP contribution in [0, 0.1) is 0 Å². The first-order valence-corrected chi connectivity index (χ1v) is 8.34. The van der Waals surface area contributed by atoms with E-state index < -0.39 is 28.0 Å². The molecule has 7 nitrogen and oxygen atoms in total. The van der Waals surface area contributed by atoms with Crippen LogP contribution in [0.1, 0.15) is 35.7 Å². The molecule has 0 aromatic heterocycles. The van der Waals surface area contributed by atoms with Crippen LogP contribution in [-0.4, -0.2) is 38.6 Å². The molecule has 1 aromatic carbocycles. The van der Waals surface area contributed by atoms with Crippen LogP contribution in [0.15, 0.2) is 24.3 Å². The third-order valence-electron chi connectivity index (χ3n) is 2.93. The van der Waals surface area contributed by atoms with Gasteiger partial charge in [-0.1, -0.05) is 25.5 Å². The van der Waals surface area contributed by atoms with Crippen molar-refractivity contribution < 1.29 is 27.9 Å². The van der Waals surface area contributed by atoms with Crippen LogP contribution in [0.4, 0.5) is 0 Å². The molecule has 8 heteroatoms. The lowest BCUT2D eigenvalue weighted by molar-refractivity contribution is -0.139. The van der Waals surface area contributed by atoms with E-state index in [1.165, 1.54) is 31.4 Å². The maximum atomic E-state index is 12.0. The molecular weight excluding hydrogens is 310 g/mol. The van der Waals surface area contributed by atoms with E-state index in [2.05, 4.69) is 9.46 Å². The molecule has 0 aliphatic carbocycles. The molecule has 0 fully saturated rings. The average Bonchev–Trinajstić information content (AvgIpc) is 2.46. The van der Waals surface area contributed by atoms with Gasteiger partial charge in [0, 0.05) is 0 Å². The molecule has 0 spiro atoms. The first-order chi connectivity index (χ1) is 10.3. The van der Waals surface area contributed by atoms with Gasteiger partial charge in [-0.25, -0.2) is 17.9 Å². The fourth-order valence-electron chi connectivity index (χ4n) is 1.85. The van der Waals surface area contributed by atoms with Gasteiger partial charge in [-0.05, 0) is 24.1 Å². The number of nitrogens with one attached hydrogen (secondary N) is 1. The van der Waals surface area contributed by atoms with Crippen molar-refractivity contribution in [1.29, 1.82) is 0 Å². The lowest BCUT2D eigenvalue weighted by Gasteiger charge is -2.14. The van der Waals surface area contributed by atoms with Gasteiger partial charge in [-0.3, -0.25) is 4.79 Å². The summed E-state index contributed by atoms with van der Waals surface area (Å²) >= 11 is 0. The smallest absolute Gasteiger partial charge is 0.337 e. The quantitative estimate of drug-likeness (QED) is 0.692. The summed E-state index contributed by atoms with van der Waals surface area (Å²) in [5.41, 5.74) is 0.756. The van der Waals surface area contributed by atoms with Crippen molar-refractivity contribution in [3.63, 3.8) is 0 Å². The van der Waals surface area contributed by atoms with Crippen molar-refractivity contribution in [2.45, 2.75) is 31.6 Å². The van der Waals surface area contributed by atoms with Crippen LogP contribution in [0.25, 0.3) is 0 Å². The Morgan fingerprint density at radius 1 is 1.27 bits per heavy atom. The average molecular weight is 329 g/mol. The highest BCUT2D eigenvalue weighted by molar-refractivity contribution is 7.88. The number of rotatable bonds is 8. The van der Waals surface area contributed by atoms with Crippen molar-refractivity contribution in [2.24, 2.45) is 0 Å². The number of methoxy groups -OCH3 is 1. The second kappa shape index (κ2) is 7.90. The van der Waals surface area contributed by atoms with E-state index in [-0.39, 0.29) is 12.2 Å². The van der Waals surface area contributed by atoms with Gasteiger partial charge in [0.05, 0.1) is 18.4 Å². The number of aliphatic carboxylic acids is 1. The fourth-order valence-corrected chi connectivity index (χ4v) is 3.22. The Morgan fingerprint density at radius 2 is 1.86 bits per heavy atom. The second-order valence-electron chi connectivity index (χ2n) is 4.74. The Morgan fingerprint density at radius 3 is 2.32 bits per heavy atom. The molecule has 0 heterocycles. The van der Waals surface area contributed by atoms with E-state index in [0.717, 1.165) is 0 Å². The lowest BCUT2D eigenvalue weighted by atomic mass is 10.1. The molecule has 1 aromatic rings. The van der Waals surface area contributed by atoms with Crippen molar-refractivity contribution in [3.05, 3.63) is 35.4 Å². The molecule has 1 unspecified atom stereocenters. The number of carboxylic acid groups (broad SMARTS) is 1. The van der Waals surface area contributed by atoms with E-state index in [4.69, 9.17) is 5.11 Å². The van der Waals surface area contributed by atoms with Crippen LogP contribution in [-0.2, 0) is 25.3 Å². The molecule has 0 aliphatic heterocycles. The maximum Gasteiger partial charge on any atom is 0.337 e. The number of carboxylic acids is 1. The van der Waals surface area contributed by atoms with E-state index in [1.807, 2.05) is 0 Å². The third kappa shape index (κ3) is 5.45. The number of carbonyl (C=O) groups excluding carboxylic acids is 1. The van der Waals surface area contributed by atoms with E-state index >= 15 is 0 Å². The summed E-state index contributed by atoms with van der Waals surface area (Å²) in [6.45, 7) is 1.77. The zero-order valence-corrected chi connectivity index (χ0v) is 13.2. The molecule has 1 rings (SSSR count). The molecular formula is C14H19NO6S. The second-order valence-corrected chi connectivity index (χ2v) is 6.50. The Bertz CT molecular complexity index is 623. The Balaban J connectivity index is 2.79. The summed E-state index contributed by atoms with van der Waals surface area (Å²) in [4.78, 5) is 22.3. The number of sulfonamides is 1. The van der Waals surface area contributed by atoms with Crippen molar-refractivity contribution in [3.8, 4) is 0 Å². The fraction of sp³-hybridized carbons (Fsp3) is 0.429. The third-order valence-corrected chi connectivity index (χ3v) is 4.29. The number of hydrogen-bond donors (Lipinski definition) is 2. The number of carbonyl (C=O) groups is 2. The van der Waals surface area contributed by atoms with Crippen LogP contribution in [0.3, 0.4) is 0 Å². The molecule has 0 saturated heterocycles. The van der Waals surface area contributed by atoms with Gasteiger partial charge in [-0.2, -0.15) is 0 Å². The standard InChI is InChI=1S/C14H19NO6S/c1-3-4-12(13(16)17)15-22(19,20)9-10-5-7-11(8-6-10)14(18)21-2/h5-8,12,15H,3-4,9H2,1-2H3,(H,16,17). The monoisotopic (exact) mass is 329 g/mol. The van der Waals surface area contributed by atoms with Crippen LogP contribution >= 0.6 is 0 Å². The molecule has 122 valence electrons. The van der Waals surface area contributed by atoms with Gasteiger partial charge in [0.2, 0.25) is 10.0 Å². The summed E-state index contributed by atoms with van der Waals surface area (Å²) in [6.07, 6.45) is 0.767. The highest BCUT2D eigenvalue weighted by Gasteiger charge is 2.23. The lowest BCUT2D eigenvalue weighted by Crippen LogP contribution is -2.41. The van der Waals surface area contributed by atoms with Gasteiger partial charge in [0.1, 0.15) is 6.04 Å². The summed E-state index contributed by atoms with van der Waals surface area (Å²) in [6, 6.07) is 4.75. The highest BCUT2D eigenvalue weighted by Crippen LogP contribution is 2.10. The van der Waals surface area contributed by atoms with Crippen molar-refractivity contribution in [1.82, 2.24) is 4.72 Å². The predicted molar refractivity (Wildman–Crippen MR) is 79.9 cm³/mol. The van der Waals surface area contributed by atoms with Gasteiger partial charge >= 0.3 is 11.9 Å². The van der Waals surface area contributed by atoms with Crippen LogP contribution in [0.5, 0.6) is 0 Å². The van der Waals surface area contributed by atoms with Crippen molar-refractivity contribution >= 4 is 22.0 Å². The molecule has 0 amide bonds. The Kier molecular flexibility index (Phi) is 6.51. The minimum Gasteiger partial charge on any atom is -0.480 e. The number of esters is 1. The predicted octanol–water partition coefficient (Wildman–Crippen LogP) is 1.15. The topological polar surface area (TPSA) is 110 Å². The summed E-state index contributed by atoms with van der Waals surface area (Å²) in [5, 5.41) is 8.98. The molecule has 0 bridgehead atoms. The summed E-state index contributed by atoms with van der Waals surface area (Å²) in [5.74, 6) is -2.07. The minimum absolute atomic E-state index is 0.218. The van der Waals surface area contributed by atoms with Gasteiger partial charge in [0.25, 0.3) is 0 Å². The molecule has 0 saturated carbocycles. The summed E-state index contributed by atoms with van der Waals surface area (Å²) in [7, 11) is -2.53. The molecule has 0 radical (unpaired) electrons. The van der Waals surface area contributed by atoms with E-state index in [9.17, 15) is 18.0 Å². The SMILES string of the molecule is CCCC(NS(=O)(=O)Cc1ccc(C(=O)OC)cc1)C(=O)O. The number of ether oxygens (including phenoxy) is 1. The summed E-state index contributed by atoms with van der Waals surface area (Å²) < 4.78 is 30.7. The zero-order chi connectivity index (χ0) is 16.8. The molecule has 1 atom stereocenters. The van der Waals surface area contributed by atoms with Crippen LogP contribution < -0.4 is 4.72 Å². The Labute approximate surface area is 129 Å². The van der Waals surface area contributed by atoms with E-state index in [1.54, 1.807) is 6.92 Å². The minimum atomic E-state index is -3.79. The van der Waals surface area contributed by atoms with Gasteiger partial charge < -0.3 is 9.84 Å². The van der Waals surface area contributed by atoms with Crippen LogP contribution in [0.2, 0.25) is 0 Å². The van der Waals surface area contributed by atoms with E-state index in [0.29, 0.717) is 17.5 Å². The molecule has 22 heavy (non-hydrogen) atoms.